The molecule has 1 fully saturated rings. The van der Waals surface area contributed by atoms with E-state index in [4.69, 9.17) is 0 Å². The molecule has 1 unspecified atom stereocenters. The lowest BCUT2D eigenvalue weighted by atomic mass is 9.84. The first kappa shape index (κ1) is 13.5. The Morgan fingerprint density at radius 3 is 2.25 bits per heavy atom. The van der Waals surface area contributed by atoms with Gasteiger partial charge in [-0.3, -0.25) is 4.79 Å². The van der Waals surface area contributed by atoms with Crippen LogP contribution in [-0.2, 0) is 4.79 Å². The number of likely N-dealkylation sites (N-methyl/N-ethyl adjacent to an activating group) is 1. The van der Waals surface area contributed by atoms with Gasteiger partial charge in [0, 0.05) is 20.1 Å². The molecular weight excluding hydrogens is 200 g/mol. The monoisotopic (exact) mass is 226 g/mol. The van der Waals surface area contributed by atoms with Crippen molar-refractivity contribution in [3.8, 4) is 0 Å². The summed E-state index contributed by atoms with van der Waals surface area (Å²) >= 11 is 0. The summed E-state index contributed by atoms with van der Waals surface area (Å²) in [5.74, 6) is 0.925. The van der Waals surface area contributed by atoms with Crippen molar-refractivity contribution >= 4 is 5.91 Å². The van der Waals surface area contributed by atoms with Gasteiger partial charge in [-0.15, -0.1) is 0 Å². The second-order valence-corrected chi connectivity index (χ2v) is 5.31. The molecule has 94 valence electrons. The molecule has 0 bridgehead atoms. The first-order valence-electron chi connectivity index (χ1n) is 6.49. The van der Waals surface area contributed by atoms with E-state index in [-0.39, 0.29) is 11.9 Å². The van der Waals surface area contributed by atoms with Gasteiger partial charge in [0.05, 0.1) is 6.04 Å². The fourth-order valence-electron chi connectivity index (χ4n) is 2.62. The van der Waals surface area contributed by atoms with Crippen molar-refractivity contribution in [2.45, 2.75) is 58.0 Å². The minimum Gasteiger partial charge on any atom is -0.347 e. The molecule has 0 aromatic rings. The van der Waals surface area contributed by atoms with Crippen LogP contribution in [0.2, 0.25) is 0 Å². The molecule has 2 atom stereocenters. The van der Waals surface area contributed by atoms with Crippen LogP contribution in [0.4, 0.5) is 0 Å². The Bertz CT molecular complexity index is 222. The summed E-state index contributed by atoms with van der Waals surface area (Å²) < 4.78 is 0. The van der Waals surface area contributed by atoms with Crippen molar-refractivity contribution in [2.24, 2.45) is 5.92 Å². The molecule has 3 heteroatoms. The molecule has 1 amide bonds. The van der Waals surface area contributed by atoms with Crippen LogP contribution in [-0.4, -0.2) is 37.0 Å². The van der Waals surface area contributed by atoms with Crippen molar-refractivity contribution in [1.82, 2.24) is 10.2 Å². The Hall–Kier alpha value is -0.570. The SMILES string of the molecule is CC(N[C@@H](C)C1CCCCC1)C(=O)N(C)C. The van der Waals surface area contributed by atoms with Crippen LogP contribution in [0.25, 0.3) is 0 Å². The molecule has 0 radical (unpaired) electrons. The van der Waals surface area contributed by atoms with Gasteiger partial charge in [0.25, 0.3) is 0 Å². The summed E-state index contributed by atoms with van der Waals surface area (Å²) in [6.45, 7) is 4.18. The molecule has 0 aliphatic heterocycles. The maximum Gasteiger partial charge on any atom is 0.238 e. The van der Waals surface area contributed by atoms with E-state index in [1.165, 1.54) is 32.1 Å². The summed E-state index contributed by atoms with van der Waals surface area (Å²) in [7, 11) is 3.62. The number of carbonyl (C=O) groups is 1. The average molecular weight is 226 g/mol. The van der Waals surface area contributed by atoms with Crippen molar-refractivity contribution in [2.75, 3.05) is 14.1 Å². The average Bonchev–Trinajstić information content (AvgIpc) is 2.28. The van der Waals surface area contributed by atoms with E-state index in [9.17, 15) is 4.79 Å². The van der Waals surface area contributed by atoms with Gasteiger partial charge in [0.15, 0.2) is 0 Å². The van der Waals surface area contributed by atoms with Crippen molar-refractivity contribution in [3.05, 3.63) is 0 Å². The largest absolute Gasteiger partial charge is 0.347 e. The van der Waals surface area contributed by atoms with Gasteiger partial charge in [-0.05, 0) is 32.6 Å². The molecule has 0 heterocycles. The van der Waals surface area contributed by atoms with E-state index in [1.54, 1.807) is 4.90 Å². The van der Waals surface area contributed by atoms with Gasteiger partial charge in [-0.2, -0.15) is 0 Å². The Kier molecular flexibility index (Phi) is 5.26. The molecule has 1 aliphatic rings. The molecule has 1 N–H and O–H groups in total. The zero-order valence-corrected chi connectivity index (χ0v) is 11.1. The highest BCUT2D eigenvalue weighted by Gasteiger charge is 2.23. The summed E-state index contributed by atoms with van der Waals surface area (Å²) in [5.41, 5.74) is 0. The third-order valence-electron chi connectivity index (χ3n) is 3.68. The number of hydrogen-bond donors (Lipinski definition) is 1. The topological polar surface area (TPSA) is 32.3 Å². The quantitative estimate of drug-likeness (QED) is 0.795. The lowest BCUT2D eigenvalue weighted by molar-refractivity contribution is -0.130. The number of nitrogens with zero attached hydrogens (tertiary/aromatic N) is 1. The van der Waals surface area contributed by atoms with Crippen molar-refractivity contribution < 1.29 is 4.79 Å². The zero-order valence-electron chi connectivity index (χ0n) is 11.1. The van der Waals surface area contributed by atoms with Gasteiger partial charge >= 0.3 is 0 Å². The molecule has 3 nitrogen and oxygen atoms in total. The van der Waals surface area contributed by atoms with Gasteiger partial charge in [-0.1, -0.05) is 19.3 Å². The van der Waals surface area contributed by atoms with Crippen molar-refractivity contribution in [3.63, 3.8) is 0 Å². The van der Waals surface area contributed by atoms with Crippen LogP contribution in [0.5, 0.6) is 0 Å². The second-order valence-electron chi connectivity index (χ2n) is 5.31. The van der Waals surface area contributed by atoms with Crippen LogP contribution in [0.3, 0.4) is 0 Å². The Labute approximate surface area is 99.6 Å². The summed E-state index contributed by atoms with van der Waals surface area (Å²) in [5, 5.41) is 3.44. The minimum atomic E-state index is -0.0630. The van der Waals surface area contributed by atoms with Crippen LogP contribution >= 0.6 is 0 Å². The molecule has 1 aliphatic carbocycles. The van der Waals surface area contributed by atoms with E-state index in [0.29, 0.717) is 6.04 Å². The van der Waals surface area contributed by atoms with E-state index >= 15 is 0 Å². The van der Waals surface area contributed by atoms with E-state index < -0.39 is 0 Å². The Balaban J connectivity index is 2.37. The Morgan fingerprint density at radius 1 is 1.19 bits per heavy atom. The van der Waals surface area contributed by atoms with Crippen LogP contribution < -0.4 is 5.32 Å². The maximum atomic E-state index is 11.7. The molecule has 1 saturated carbocycles. The van der Waals surface area contributed by atoms with Crippen LogP contribution in [0, 0.1) is 5.92 Å². The first-order chi connectivity index (χ1) is 7.52. The van der Waals surface area contributed by atoms with Crippen molar-refractivity contribution in [1.29, 1.82) is 0 Å². The smallest absolute Gasteiger partial charge is 0.238 e. The number of rotatable bonds is 4. The van der Waals surface area contributed by atoms with Gasteiger partial charge in [0.1, 0.15) is 0 Å². The van der Waals surface area contributed by atoms with E-state index in [2.05, 4.69) is 12.2 Å². The first-order valence-corrected chi connectivity index (χ1v) is 6.49. The highest BCUT2D eigenvalue weighted by molar-refractivity contribution is 5.80. The fourth-order valence-corrected chi connectivity index (χ4v) is 2.62. The standard InChI is InChI=1S/C13H26N2O/c1-10(12-8-6-5-7-9-12)14-11(2)13(16)15(3)4/h10-12,14H,5-9H2,1-4H3/t10-,11?/m0/s1. The van der Waals surface area contributed by atoms with Crippen LogP contribution in [0.1, 0.15) is 46.0 Å². The normalized spacial score (nSPS) is 21.5. The third kappa shape index (κ3) is 3.78. The van der Waals surface area contributed by atoms with E-state index in [0.717, 1.165) is 5.92 Å². The summed E-state index contributed by atoms with van der Waals surface area (Å²) in [4.78, 5) is 13.4. The molecule has 0 saturated heterocycles. The predicted octanol–water partition coefficient (Wildman–Crippen LogP) is 2.02. The number of hydrogen-bond acceptors (Lipinski definition) is 2. The zero-order chi connectivity index (χ0) is 12.1. The minimum absolute atomic E-state index is 0.0630. The van der Waals surface area contributed by atoms with Gasteiger partial charge < -0.3 is 10.2 Å². The summed E-state index contributed by atoms with van der Waals surface area (Å²) in [6.07, 6.45) is 6.73. The molecule has 0 aromatic carbocycles. The number of nitrogens with one attached hydrogen (secondary N) is 1. The fraction of sp³-hybridized carbons (Fsp3) is 0.923. The highest BCUT2D eigenvalue weighted by Crippen LogP contribution is 2.26. The molecule has 0 spiro atoms. The molecule has 1 rings (SSSR count). The van der Waals surface area contributed by atoms with E-state index in [1.807, 2.05) is 21.0 Å². The summed E-state index contributed by atoms with van der Waals surface area (Å²) in [6, 6.07) is 0.395. The van der Waals surface area contributed by atoms with Gasteiger partial charge in [0.2, 0.25) is 5.91 Å². The maximum absolute atomic E-state index is 11.7. The lowest BCUT2D eigenvalue weighted by Crippen LogP contribution is -2.47. The molecule has 16 heavy (non-hydrogen) atoms. The number of amides is 1. The third-order valence-corrected chi connectivity index (χ3v) is 3.68. The predicted molar refractivity (Wildman–Crippen MR) is 67.3 cm³/mol. The second kappa shape index (κ2) is 6.24. The van der Waals surface area contributed by atoms with Gasteiger partial charge in [-0.25, -0.2) is 0 Å². The molecular formula is C13H26N2O. The molecule has 0 aromatic heterocycles. The lowest BCUT2D eigenvalue weighted by Gasteiger charge is -2.31. The Morgan fingerprint density at radius 2 is 1.75 bits per heavy atom. The number of carbonyl (C=O) groups excluding carboxylic acids is 1. The van der Waals surface area contributed by atoms with Crippen LogP contribution in [0.15, 0.2) is 0 Å². The highest BCUT2D eigenvalue weighted by atomic mass is 16.2.